The van der Waals surface area contributed by atoms with Crippen molar-refractivity contribution in [2.75, 3.05) is 44.2 Å². The molecule has 1 aromatic carbocycles. The molecule has 8 nitrogen and oxygen atoms in total. The summed E-state index contributed by atoms with van der Waals surface area (Å²) in [6.07, 6.45) is 1.15. The number of alkyl halides is 3. The van der Waals surface area contributed by atoms with Gasteiger partial charge in [0.15, 0.2) is 6.61 Å². The number of piperazine rings is 1. The van der Waals surface area contributed by atoms with Gasteiger partial charge in [0, 0.05) is 56.9 Å². The molecule has 0 saturated carbocycles. The number of benzene rings is 1. The van der Waals surface area contributed by atoms with Crippen LogP contribution < -0.4 is 20.9 Å². The van der Waals surface area contributed by atoms with E-state index in [1.807, 2.05) is 17.0 Å². The van der Waals surface area contributed by atoms with Crippen LogP contribution in [-0.4, -0.2) is 64.5 Å². The molecule has 198 valence electrons. The minimum atomic E-state index is -4.40. The van der Waals surface area contributed by atoms with Crippen LogP contribution >= 0.6 is 0 Å². The Bertz CT molecular complexity index is 1300. The van der Waals surface area contributed by atoms with Crippen LogP contribution in [0.4, 0.5) is 18.9 Å². The average molecular weight is 518 g/mol. The Hall–Kier alpha value is -3.60. The van der Waals surface area contributed by atoms with Crippen molar-refractivity contribution in [2.45, 2.75) is 32.6 Å². The average Bonchev–Trinajstić information content (AvgIpc) is 2.89. The van der Waals surface area contributed by atoms with Gasteiger partial charge in [-0.3, -0.25) is 23.8 Å². The summed E-state index contributed by atoms with van der Waals surface area (Å²) >= 11 is 0. The molecular formula is C26H30F3N5O3. The summed E-state index contributed by atoms with van der Waals surface area (Å²) in [5.41, 5.74) is 1.45. The van der Waals surface area contributed by atoms with Crippen LogP contribution in [-0.2, 0) is 13.1 Å². The number of aromatic nitrogens is 3. The normalized spacial score (nSPS) is 14.6. The lowest BCUT2D eigenvalue weighted by atomic mass is 10.2. The lowest BCUT2D eigenvalue weighted by molar-refractivity contribution is -0.153. The number of anilines is 1. The van der Waals surface area contributed by atoms with Gasteiger partial charge in [0.2, 0.25) is 0 Å². The number of aryl methyl sites for hydroxylation is 1. The zero-order valence-corrected chi connectivity index (χ0v) is 20.7. The minimum absolute atomic E-state index is 0.218. The highest BCUT2D eigenvalue weighted by atomic mass is 19.4. The standard InChI is InChI=1S/C26H30F3N5O3/c1-20-17-33(18-21-7-9-30-10-8-21)25(36)34(24(20)35)12-4-11-31-13-15-32(16-14-31)22-5-2-3-6-23(22)37-19-26(27,28)29/h2-3,5-10,17H,4,11-16,18-19H2,1H3. The van der Waals surface area contributed by atoms with Gasteiger partial charge in [-0.2, -0.15) is 13.2 Å². The maximum Gasteiger partial charge on any atom is 0.422 e. The van der Waals surface area contributed by atoms with E-state index in [9.17, 15) is 22.8 Å². The van der Waals surface area contributed by atoms with Crippen LogP contribution in [0.5, 0.6) is 5.75 Å². The number of hydrogen-bond donors (Lipinski definition) is 0. The number of pyridine rings is 1. The third-order valence-corrected chi connectivity index (χ3v) is 6.34. The molecule has 1 fully saturated rings. The molecule has 0 unspecified atom stereocenters. The molecule has 3 heterocycles. The molecule has 1 aliphatic heterocycles. The van der Waals surface area contributed by atoms with Gasteiger partial charge in [0.1, 0.15) is 5.75 Å². The fourth-order valence-electron chi connectivity index (χ4n) is 4.46. The van der Waals surface area contributed by atoms with Crippen molar-refractivity contribution in [3.63, 3.8) is 0 Å². The molecule has 0 atom stereocenters. The first-order chi connectivity index (χ1) is 17.7. The first kappa shape index (κ1) is 26.5. The Morgan fingerprint density at radius 3 is 2.38 bits per heavy atom. The lowest BCUT2D eigenvalue weighted by Crippen LogP contribution is -2.47. The topological polar surface area (TPSA) is 72.6 Å². The van der Waals surface area contributed by atoms with E-state index in [4.69, 9.17) is 4.74 Å². The van der Waals surface area contributed by atoms with Crippen molar-refractivity contribution >= 4 is 5.69 Å². The zero-order valence-electron chi connectivity index (χ0n) is 20.7. The van der Waals surface area contributed by atoms with Crippen LogP contribution in [0.3, 0.4) is 0 Å². The molecule has 0 radical (unpaired) electrons. The molecule has 37 heavy (non-hydrogen) atoms. The maximum absolute atomic E-state index is 13.0. The summed E-state index contributed by atoms with van der Waals surface area (Å²) in [5.74, 6) is 0.218. The van der Waals surface area contributed by atoms with Crippen molar-refractivity contribution in [2.24, 2.45) is 0 Å². The molecule has 2 aromatic heterocycles. The highest BCUT2D eigenvalue weighted by molar-refractivity contribution is 5.58. The molecule has 0 bridgehead atoms. The predicted octanol–water partition coefficient (Wildman–Crippen LogP) is 2.92. The van der Waals surface area contributed by atoms with Gasteiger partial charge in [0.25, 0.3) is 5.56 Å². The lowest BCUT2D eigenvalue weighted by Gasteiger charge is -2.36. The Labute approximate surface area is 212 Å². The summed E-state index contributed by atoms with van der Waals surface area (Å²) in [5, 5.41) is 0. The second-order valence-electron chi connectivity index (χ2n) is 9.09. The Morgan fingerprint density at radius 2 is 1.68 bits per heavy atom. The van der Waals surface area contributed by atoms with E-state index in [2.05, 4.69) is 9.88 Å². The third-order valence-electron chi connectivity index (χ3n) is 6.34. The van der Waals surface area contributed by atoms with Crippen molar-refractivity contribution in [3.8, 4) is 5.75 Å². The Morgan fingerprint density at radius 1 is 0.973 bits per heavy atom. The fraction of sp³-hybridized carbons (Fsp3) is 0.423. The second-order valence-corrected chi connectivity index (χ2v) is 9.09. The summed E-state index contributed by atoms with van der Waals surface area (Å²) < 4.78 is 45.7. The highest BCUT2D eigenvalue weighted by Gasteiger charge is 2.29. The second kappa shape index (κ2) is 11.6. The largest absolute Gasteiger partial charge is 0.482 e. The van der Waals surface area contributed by atoms with Gasteiger partial charge in [-0.25, -0.2) is 4.79 Å². The van der Waals surface area contributed by atoms with Crippen molar-refractivity contribution < 1.29 is 17.9 Å². The predicted molar refractivity (Wildman–Crippen MR) is 134 cm³/mol. The van der Waals surface area contributed by atoms with Gasteiger partial charge >= 0.3 is 11.9 Å². The molecule has 0 amide bonds. The highest BCUT2D eigenvalue weighted by Crippen LogP contribution is 2.30. The summed E-state index contributed by atoms with van der Waals surface area (Å²) in [4.78, 5) is 33.9. The number of ether oxygens (including phenoxy) is 1. The van der Waals surface area contributed by atoms with Crippen LogP contribution in [0.25, 0.3) is 0 Å². The van der Waals surface area contributed by atoms with Crippen LogP contribution in [0.1, 0.15) is 17.5 Å². The molecule has 0 spiro atoms. The molecule has 4 rings (SSSR count). The number of para-hydroxylation sites is 2. The number of hydrogen-bond acceptors (Lipinski definition) is 6. The SMILES string of the molecule is Cc1cn(Cc2ccncc2)c(=O)n(CCCN2CCN(c3ccccc3OCC(F)(F)F)CC2)c1=O. The maximum atomic E-state index is 13.0. The smallest absolute Gasteiger partial charge is 0.422 e. The summed E-state index contributed by atoms with van der Waals surface area (Å²) in [7, 11) is 0. The van der Waals surface area contributed by atoms with E-state index < -0.39 is 12.8 Å². The molecule has 1 aliphatic rings. The monoisotopic (exact) mass is 517 g/mol. The molecule has 11 heteroatoms. The van der Waals surface area contributed by atoms with Gasteiger partial charge in [0.05, 0.1) is 12.2 Å². The summed E-state index contributed by atoms with van der Waals surface area (Å²) in [6, 6.07) is 10.4. The van der Waals surface area contributed by atoms with Gasteiger partial charge in [-0.05, 0) is 49.7 Å². The Balaban J connectivity index is 1.33. The number of nitrogens with zero attached hydrogens (tertiary/aromatic N) is 5. The first-order valence-electron chi connectivity index (χ1n) is 12.2. The van der Waals surface area contributed by atoms with Crippen LogP contribution in [0, 0.1) is 6.92 Å². The number of rotatable bonds is 9. The van der Waals surface area contributed by atoms with Crippen LogP contribution in [0.2, 0.25) is 0 Å². The van der Waals surface area contributed by atoms with E-state index in [0.717, 1.165) is 5.56 Å². The molecule has 3 aromatic rings. The van der Waals surface area contributed by atoms with Crippen LogP contribution in [0.15, 0.2) is 64.6 Å². The molecule has 0 aliphatic carbocycles. The number of halogens is 3. The quantitative estimate of drug-likeness (QED) is 0.435. The van der Waals surface area contributed by atoms with Crippen molar-refractivity contribution in [3.05, 3.63) is 87.0 Å². The van der Waals surface area contributed by atoms with Gasteiger partial charge in [-0.1, -0.05) is 12.1 Å². The first-order valence-corrected chi connectivity index (χ1v) is 12.2. The fourth-order valence-corrected chi connectivity index (χ4v) is 4.46. The molecule has 1 saturated heterocycles. The van der Waals surface area contributed by atoms with Crippen molar-refractivity contribution in [1.29, 1.82) is 0 Å². The molecule has 0 N–H and O–H groups in total. The van der Waals surface area contributed by atoms with Gasteiger partial charge in [-0.15, -0.1) is 0 Å². The zero-order chi connectivity index (χ0) is 26.4. The minimum Gasteiger partial charge on any atom is -0.482 e. The van der Waals surface area contributed by atoms with E-state index in [1.54, 1.807) is 54.3 Å². The van der Waals surface area contributed by atoms with E-state index >= 15 is 0 Å². The van der Waals surface area contributed by atoms with E-state index in [1.165, 1.54) is 4.57 Å². The van der Waals surface area contributed by atoms with Gasteiger partial charge < -0.3 is 9.64 Å². The van der Waals surface area contributed by atoms with Crippen molar-refractivity contribution in [1.82, 2.24) is 19.0 Å². The third kappa shape index (κ3) is 7.00. The van der Waals surface area contributed by atoms with E-state index in [-0.39, 0.29) is 17.0 Å². The summed E-state index contributed by atoms with van der Waals surface area (Å²) in [6.45, 7) is 4.44. The Kier molecular flexibility index (Phi) is 8.32. The molecular weight excluding hydrogens is 487 g/mol. The van der Waals surface area contributed by atoms with E-state index in [0.29, 0.717) is 63.5 Å².